The number of nitrogens with zero attached hydrogens (tertiary/aromatic N) is 2. The van der Waals surface area contributed by atoms with Crippen LogP contribution in [0.4, 0.5) is 0 Å². The maximum absolute atomic E-state index is 12.2. The summed E-state index contributed by atoms with van der Waals surface area (Å²) in [6, 6.07) is 9.97. The third-order valence-electron chi connectivity index (χ3n) is 4.08. The average molecular weight is 300 g/mol. The molecule has 0 atom stereocenters. The fraction of sp³-hybridized carbons (Fsp3) is 0.526. The summed E-state index contributed by atoms with van der Waals surface area (Å²) in [7, 11) is 0. The zero-order valence-electron chi connectivity index (χ0n) is 14.1. The molecular weight excluding hydrogens is 272 g/mol. The monoisotopic (exact) mass is 300 g/mol. The molecule has 1 aromatic carbocycles. The minimum absolute atomic E-state index is 0.124. The van der Waals surface area contributed by atoms with Gasteiger partial charge in [0.05, 0.1) is 0 Å². The molecule has 1 aromatic rings. The number of amides is 1. The normalized spacial score (nSPS) is 17.1. The number of carbonyl (C=O) groups excluding carboxylic acids is 1. The van der Waals surface area contributed by atoms with Gasteiger partial charge in [-0.1, -0.05) is 51.1 Å². The Bertz CT molecular complexity index is 494. The fourth-order valence-electron chi connectivity index (χ4n) is 2.52. The molecule has 0 radical (unpaired) electrons. The molecule has 1 saturated heterocycles. The van der Waals surface area contributed by atoms with Gasteiger partial charge in [-0.15, -0.1) is 0 Å². The number of hydrogen-bond donors (Lipinski definition) is 0. The molecule has 0 saturated carbocycles. The molecule has 22 heavy (non-hydrogen) atoms. The Morgan fingerprint density at radius 1 is 1.09 bits per heavy atom. The van der Waals surface area contributed by atoms with E-state index in [2.05, 4.69) is 25.7 Å². The second-order valence-corrected chi connectivity index (χ2v) is 7.22. The van der Waals surface area contributed by atoms with E-state index in [0.29, 0.717) is 5.41 Å². The topological polar surface area (TPSA) is 23.6 Å². The average Bonchev–Trinajstić information content (AvgIpc) is 2.51. The molecule has 1 aliphatic heterocycles. The lowest BCUT2D eigenvalue weighted by Crippen LogP contribution is -2.48. The summed E-state index contributed by atoms with van der Waals surface area (Å²) >= 11 is 0. The molecule has 0 aromatic heterocycles. The van der Waals surface area contributed by atoms with E-state index in [1.54, 1.807) is 6.08 Å². The van der Waals surface area contributed by atoms with Crippen LogP contribution in [0.5, 0.6) is 0 Å². The number of piperazine rings is 1. The van der Waals surface area contributed by atoms with Crippen molar-refractivity contribution >= 4 is 12.0 Å². The maximum atomic E-state index is 12.2. The molecule has 0 bridgehead atoms. The summed E-state index contributed by atoms with van der Waals surface area (Å²) in [6.45, 7) is 11.6. The van der Waals surface area contributed by atoms with Crippen molar-refractivity contribution in [3.8, 4) is 0 Å². The molecule has 3 heteroatoms. The SMILES string of the molecule is CC(C)(C)CCN1CCN(C(=O)C=Cc2ccccc2)CC1. The number of carbonyl (C=O) groups is 1. The minimum atomic E-state index is 0.124. The highest BCUT2D eigenvalue weighted by atomic mass is 16.2. The van der Waals surface area contributed by atoms with Crippen LogP contribution in [0.15, 0.2) is 36.4 Å². The molecule has 120 valence electrons. The number of rotatable bonds is 4. The van der Waals surface area contributed by atoms with E-state index in [1.807, 2.05) is 41.3 Å². The van der Waals surface area contributed by atoms with Crippen molar-refractivity contribution in [1.82, 2.24) is 9.80 Å². The highest BCUT2D eigenvalue weighted by Crippen LogP contribution is 2.19. The molecule has 0 aliphatic carbocycles. The molecular formula is C19H28N2O. The van der Waals surface area contributed by atoms with Gasteiger partial charge in [-0.2, -0.15) is 0 Å². The van der Waals surface area contributed by atoms with E-state index in [0.717, 1.165) is 38.3 Å². The van der Waals surface area contributed by atoms with Crippen molar-refractivity contribution in [2.75, 3.05) is 32.7 Å². The van der Waals surface area contributed by atoms with E-state index >= 15 is 0 Å². The predicted octanol–water partition coefficient (Wildman–Crippen LogP) is 3.28. The molecule has 1 aliphatic rings. The first-order valence-corrected chi connectivity index (χ1v) is 8.18. The molecule has 1 fully saturated rings. The number of hydrogen-bond acceptors (Lipinski definition) is 2. The zero-order valence-corrected chi connectivity index (χ0v) is 14.1. The van der Waals surface area contributed by atoms with Crippen LogP contribution < -0.4 is 0 Å². The smallest absolute Gasteiger partial charge is 0.246 e. The Kier molecular flexibility index (Phi) is 5.78. The first kappa shape index (κ1) is 16.8. The summed E-state index contributed by atoms with van der Waals surface area (Å²) in [4.78, 5) is 16.6. The van der Waals surface area contributed by atoms with Crippen LogP contribution in [0.1, 0.15) is 32.8 Å². The van der Waals surface area contributed by atoms with Gasteiger partial charge in [-0.05, 0) is 30.0 Å². The summed E-state index contributed by atoms with van der Waals surface area (Å²) in [6.07, 6.45) is 4.79. The van der Waals surface area contributed by atoms with E-state index in [1.165, 1.54) is 6.42 Å². The van der Waals surface area contributed by atoms with Gasteiger partial charge in [0.1, 0.15) is 0 Å². The second-order valence-electron chi connectivity index (χ2n) is 7.22. The van der Waals surface area contributed by atoms with Crippen LogP contribution in [0.2, 0.25) is 0 Å². The predicted molar refractivity (Wildman–Crippen MR) is 92.6 cm³/mol. The lowest BCUT2D eigenvalue weighted by Gasteiger charge is -2.35. The van der Waals surface area contributed by atoms with E-state index in [9.17, 15) is 4.79 Å². The van der Waals surface area contributed by atoms with Crippen LogP contribution in [0, 0.1) is 5.41 Å². The van der Waals surface area contributed by atoms with Gasteiger partial charge < -0.3 is 4.90 Å². The molecule has 3 nitrogen and oxygen atoms in total. The van der Waals surface area contributed by atoms with Gasteiger partial charge in [0.15, 0.2) is 0 Å². The Balaban J connectivity index is 1.76. The van der Waals surface area contributed by atoms with Gasteiger partial charge in [0, 0.05) is 32.3 Å². The first-order valence-electron chi connectivity index (χ1n) is 8.18. The van der Waals surface area contributed by atoms with Crippen LogP contribution in [-0.2, 0) is 4.79 Å². The number of benzene rings is 1. The van der Waals surface area contributed by atoms with Crippen molar-refractivity contribution < 1.29 is 4.79 Å². The van der Waals surface area contributed by atoms with Gasteiger partial charge in [-0.3, -0.25) is 9.69 Å². The third kappa shape index (κ3) is 5.64. The summed E-state index contributed by atoms with van der Waals surface area (Å²) in [5.74, 6) is 0.124. The van der Waals surface area contributed by atoms with Crippen LogP contribution in [0.25, 0.3) is 6.08 Å². The Morgan fingerprint density at radius 3 is 2.32 bits per heavy atom. The highest BCUT2D eigenvalue weighted by molar-refractivity contribution is 5.91. The molecule has 0 unspecified atom stereocenters. The Morgan fingerprint density at radius 2 is 1.73 bits per heavy atom. The van der Waals surface area contributed by atoms with E-state index in [4.69, 9.17) is 0 Å². The third-order valence-corrected chi connectivity index (χ3v) is 4.08. The van der Waals surface area contributed by atoms with Gasteiger partial charge >= 0.3 is 0 Å². The first-order chi connectivity index (χ1) is 10.4. The highest BCUT2D eigenvalue weighted by Gasteiger charge is 2.20. The fourth-order valence-corrected chi connectivity index (χ4v) is 2.52. The largest absolute Gasteiger partial charge is 0.337 e. The summed E-state index contributed by atoms with van der Waals surface area (Å²) in [5.41, 5.74) is 1.45. The molecule has 1 heterocycles. The molecule has 0 N–H and O–H groups in total. The molecule has 1 amide bonds. The summed E-state index contributed by atoms with van der Waals surface area (Å²) < 4.78 is 0. The van der Waals surface area contributed by atoms with Crippen molar-refractivity contribution in [3.63, 3.8) is 0 Å². The van der Waals surface area contributed by atoms with Gasteiger partial charge in [0.25, 0.3) is 0 Å². The maximum Gasteiger partial charge on any atom is 0.246 e. The lowest BCUT2D eigenvalue weighted by molar-refractivity contribution is -0.127. The van der Waals surface area contributed by atoms with Crippen molar-refractivity contribution in [1.29, 1.82) is 0 Å². The Labute approximate surface area is 134 Å². The minimum Gasteiger partial charge on any atom is -0.337 e. The van der Waals surface area contributed by atoms with Crippen molar-refractivity contribution in [2.24, 2.45) is 5.41 Å². The quantitative estimate of drug-likeness (QED) is 0.797. The van der Waals surface area contributed by atoms with E-state index in [-0.39, 0.29) is 5.91 Å². The molecule has 0 spiro atoms. The summed E-state index contributed by atoms with van der Waals surface area (Å²) in [5, 5.41) is 0. The standard InChI is InChI=1S/C19H28N2O/c1-19(2,3)11-12-20-13-15-21(16-14-20)18(22)10-9-17-7-5-4-6-8-17/h4-10H,11-16H2,1-3H3. The van der Waals surface area contributed by atoms with Crippen LogP contribution >= 0.6 is 0 Å². The Hall–Kier alpha value is -1.61. The van der Waals surface area contributed by atoms with Gasteiger partial charge in [0.2, 0.25) is 5.91 Å². The second kappa shape index (κ2) is 7.59. The van der Waals surface area contributed by atoms with Crippen LogP contribution in [-0.4, -0.2) is 48.4 Å². The van der Waals surface area contributed by atoms with Gasteiger partial charge in [-0.25, -0.2) is 0 Å². The zero-order chi connectivity index (χ0) is 16.0. The van der Waals surface area contributed by atoms with E-state index < -0.39 is 0 Å². The lowest BCUT2D eigenvalue weighted by atomic mass is 9.92. The van der Waals surface area contributed by atoms with Crippen LogP contribution in [0.3, 0.4) is 0 Å². The van der Waals surface area contributed by atoms with Crippen molar-refractivity contribution in [3.05, 3.63) is 42.0 Å². The van der Waals surface area contributed by atoms with Crippen molar-refractivity contribution in [2.45, 2.75) is 27.2 Å². The molecule has 2 rings (SSSR count).